The monoisotopic (exact) mass is 481 g/mol. The van der Waals surface area contributed by atoms with E-state index in [4.69, 9.17) is 0 Å². The molecule has 0 saturated carbocycles. The van der Waals surface area contributed by atoms with Crippen molar-refractivity contribution in [2.75, 3.05) is 33.2 Å². The molecule has 2 aliphatic rings. The molecule has 2 aliphatic heterocycles. The molecule has 2 aromatic carbocycles. The van der Waals surface area contributed by atoms with Crippen LogP contribution < -0.4 is 5.32 Å². The molecule has 1 N–H and O–H groups in total. The average molecular weight is 483 g/mol. The molecule has 1 saturated heterocycles. The van der Waals surface area contributed by atoms with Crippen molar-refractivity contribution in [3.8, 4) is 0 Å². The van der Waals surface area contributed by atoms with Gasteiger partial charge in [-0.15, -0.1) is 24.8 Å². The Kier molecular flexibility index (Phi) is 9.71. The lowest BCUT2D eigenvalue weighted by Crippen LogP contribution is -2.46. The van der Waals surface area contributed by atoms with E-state index in [1.807, 2.05) is 25.6 Å². The molecule has 4 nitrogen and oxygen atoms in total. The number of amides is 1. The van der Waals surface area contributed by atoms with Gasteiger partial charge < -0.3 is 10.2 Å². The van der Waals surface area contributed by atoms with Gasteiger partial charge in [-0.05, 0) is 42.3 Å². The molecule has 0 bridgehead atoms. The van der Waals surface area contributed by atoms with E-state index in [9.17, 15) is 4.79 Å². The Labute approximate surface area is 203 Å². The molecule has 0 spiro atoms. The third-order valence-electron chi connectivity index (χ3n) is 6.01. The summed E-state index contributed by atoms with van der Waals surface area (Å²) in [6.07, 6.45) is 1.04. The molecule has 1 amide bonds. The van der Waals surface area contributed by atoms with Gasteiger partial charge in [0.1, 0.15) is 0 Å². The minimum Gasteiger partial charge on any atom is -0.352 e. The summed E-state index contributed by atoms with van der Waals surface area (Å²) in [6.45, 7) is 8.89. The van der Waals surface area contributed by atoms with E-state index in [1.54, 1.807) is 0 Å². The van der Waals surface area contributed by atoms with Crippen LogP contribution in [0.1, 0.15) is 36.6 Å². The smallest absolute Gasteiger partial charge is 0.222 e. The number of likely N-dealkylation sites (N-methyl/N-ethyl adjacent to an activating group) is 1. The van der Waals surface area contributed by atoms with Crippen molar-refractivity contribution in [3.05, 3.63) is 59.2 Å². The van der Waals surface area contributed by atoms with Crippen LogP contribution in [0.15, 0.2) is 52.3 Å². The molecule has 1 unspecified atom stereocenters. The first-order valence-electron chi connectivity index (χ1n) is 10.6. The quantitative estimate of drug-likeness (QED) is 0.679. The van der Waals surface area contributed by atoms with Crippen molar-refractivity contribution in [2.24, 2.45) is 5.92 Å². The molecular weight excluding hydrogens is 449 g/mol. The fourth-order valence-corrected chi connectivity index (χ4v) is 5.24. The maximum atomic E-state index is 12.0. The van der Waals surface area contributed by atoms with E-state index >= 15 is 0 Å². The summed E-state index contributed by atoms with van der Waals surface area (Å²) < 4.78 is 0. The highest BCUT2D eigenvalue weighted by Crippen LogP contribution is 2.43. The number of carbonyl (C=O) groups is 1. The van der Waals surface area contributed by atoms with E-state index in [0.29, 0.717) is 12.6 Å². The van der Waals surface area contributed by atoms with E-state index in [0.717, 1.165) is 32.6 Å². The van der Waals surface area contributed by atoms with E-state index in [1.165, 1.54) is 26.5 Å². The van der Waals surface area contributed by atoms with Crippen LogP contribution >= 0.6 is 36.6 Å². The first kappa shape index (κ1) is 26.0. The molecule has 2 aromatic rings. The standard InChI is InChI=1S/C24H31N3OS.2ClH/c1-17(2)24(28)25-16-18-8-9-23-20(14-18)21(27-12-10-26(3)11-13-27)15-19-6-4-5-7-22(19)29-23;;/h4-9,14,17,21H,10-13,15-16H2,1-3H3,(H,25,28);2*1H. The van der Waals surface area contributed by atoms with Crippen molar-refractivity contribution in [1.29, 1.82) is 0 Å². The largest absolute Gasteiger partial charge is 0.352 e. The van der Waals surface area contributed by atoms with Crippen LogP contribution in [0.3, 0.4) is 0 Å². The number of nitrogens with zero attached hydrogens (tertiary/aromatic N) is 2. The fraction of sp³-hybridized carbons (Fsp3) is 0.458. The van der Waals surface area contributed by atoms with Gasteiger partial charge in [-0.2, -0.15) is 0 Å². The van der Waals surface area contributed by atoms with Gasteiger partial charge in [0.05, 0.1) is 0 Å². The zero-order valence-corrected chi connectivity index (χ0v) is 20.9. The van der Waals surface area contributed by atoms with Crippen molar-refractivity contribution in [1.82, 2.24) is 15.1 Å². The lowest BCUT2D eigenvalue weighted by atomic mass is 9.95. The molecule has 1 fully saturated rings. The van der Waals surface area contributed by atoms with Crippen molar-refractivity contribution >= 4 is 42.5 Å². The first-order chi connectivity index (χ1) is 14.0. The third-order valence-corrected chi connectivity index (χ3v) is 7.22. The summed E-state index contributed by atoms with van der Waals surface area (Å²) in [6, 6.07) is 16.0. The van der Waals surface area contributed by atoms with Crippen LogP contribution in [0.5, 0.6) is 0 Å². The molecule has 0 radical (unpaired) electrons. The summed E-state index contributed by atoms with van der Waals surface area (Å²) >= 11 is 1.89. The SMILES string of the molecule is CC(C)C(=O)NCc1ccc2c(c1)C(N1CCN(C)CC1)Cc1ccccc1S2.Cl.Cl. The Morgan fingerprint density at radius 1 is 1.06 bits per heavy atom. The number of carbonyl (C=O) groups excluding carboxylic acids is 1. The van der Waals surface area contributed by atoms with Gasteiger partial charge in [-0.25, -0.2) is 0 Å². The molecule has 0 aromatic heterocycles. The van der Waals surface area contributed by atoms with Crippen LogP contribution in [0, 0.1) is 5.92 Å². The van der Waals surface area contributed by atoms with Gasteiger partial charge in [0.2, 0.25) is 5.91 Å². The summed E-state index contributed by atoms with van der Waals surface area (Å²) in [5.41, 5.74) is 4.03. The highest BCUT2D eigenvalue weighted by atomic mass is 35.5. The van der Waals surface area contributed by atoms with Crippen LogP contribution in [-0.2, 0) is 17.8 Å². The summed E-state index contributed by atoms with van der Waals surface area (Å²) in [5.74, 6) is 0.122. The number of piperazine rings is 1. The van der Waals surface area contributed by atoms with E-state index in [2.05, 4.69) is 64.6 Å². The topological polar surface area (TPSA) is 35.6 Å². The summed E-state index contributed by atoms with van der Waals surface area (Å²) in [4.78, 5) is 19.8. The van der Waals surface area contributed by atoms with Crippen LogP contribution in [-0.4, -0.2) is 48.9 Å². The zero-order valence-electron chi connectivity index (χ0n) is 18.5. The average Bonchev–Trinajstić information content (AvgIpc) is 2.89. The van der Waals surface area contributed by atoms with Gasteiger partial charge in [0.25, 0.3) is 0 Å². The number of hydrogen-bond acceptors (Lipinski definition) is 4. The summed E-state index contributed by atoms with van der Waals surface area (Å²) in [5, 5.41) is 3.07. The molecule has 0 aliphatic carbocycles. The highest BCUT2D eigenvalue weighted by molar-refractivity contribution is 7.99. The van der Waals surface area contributed by atoms with Gasteiger partial charge in [-0.1, -0.05) is 55.9 Å². The molecule has 4 rings (SSSR count). The minimum atomic E-state index is 0. The van der Waals surface area contributed by atoms with Crippen LogP contribution in [0.4, 0.5) is 0 Å². The number of benzene rings is 2. The Bertz CT molecular complexity index is 885. The number of fused-ring (bicyclic) bond motifs is 2. The number of halogens is 2. The Morgan fingerprint density at radius 3 is 2.48 bits per heavy atom. The van der Waals surface area contributed by atoms with Gasteiger partial charge >= 0.3 is 0 Å². The van der Waals surface area contributed by atoms with Crippen molar-refractivity contribution < 1.29 is 4.79 Å². The second kappa shape index (κ2) is 11.6. The molecule has 2 heterocycles. The fourth-order valence-electron chi connectivity index (χ4n) is 4.12. The number of hydrogen-bond donors (Lipinski definition) is 1. The van der Waals surface area contributed by atoms with E-state index in [-0.39, 0.29) is 36.6 Å². The Hall–Kier alpha value is -1.24. The molecule has 1 atom stereocenters. The normalized spacial score (nSPS) is 18.8. The van der Waals surface area contributed by atoms with Gasteiger partial charge in [0, 0.05) is 54.5 Å². The van der Waals surface area contributed by atoms with Gasteiger partial charge in [-0.3, -0.25) is 9.69 Å². The summed E-state index contributed by atoms with van der Waals surface area (Å²) in [7, 11) is 2.21. The first-order valence-corrected chi connectivity index (χ1v) is 11.4. The van der Waals surface area contributed by atoms with Crippen molar-refractivity contribution in [2.45, 2.75) is 42.6 Å². The Balaban J connectivity index is 0.00000171. The lowest BCUT2D eigenvalue weighted by molar-refractivity contribution is -0.124. The maximum absolute atomic E-state index is 12.0. The number of rotatable bonds is 4. The molecule has 7 heteroatoms. The molecule has 31 heavy (non-hydrogen) atoms. The molecule has 170 valence electrons. The predicted octanol–water partition coefficient (Wildman–Crippen LogP) is 4.80. The highest BCUT2D eigenvalue weighted by Gasteiger charge is 2.29. The molecular formula is C24H33Cl2N3OS. The predicted molar refractivity (Wildman–Crippen MR) is 134 cm³/mol. The second-order valence-electron chi connectivity index (χ2n) is 8.51. The second-order valence-corrected chi connectivity index (χ2v) is 9.60. The Morgan fingerprint density at radius 2 is 1.77 bits per heavy atom. The minimum absolute atomic E-state index is 0. The zero-order chi connectivity index (χ0) is 20.4. The maximum Gasteiger partial charge on any atom is 0.222 e. The van der Waals surface area contributed by atoms with Gasteiger partial charge in [0.15, 0.2) is 0 Å². The van der Waals surface area contributed by atoms with Crippen LogP contribution in [0.2, 0.25) is 0 Å². The van der Waals surface area contributed by atoms with Crippen molar-refractivity contribution in [3.63, 3.8) is 0 Å². The third kappa shape index (κ3) is 6.17. The number of nitrogens with one attached hydrogen (secondary N) is 1. The van der Waals surface area contributed by atoms with E-state index < -0.39 is 0 Å². The lowest BCUT2D eigenvalue weighted by Gasteiger charge is -2.38. The van der Waals surface area contributed by atoms with Crippen LogP contribution in [0.25, 0.3) is 0 Å².